The molecule has 0 saturated heterocycles. The van der Waals surface area contributed by atoms with Gasteiger partial charge >= 0.3 is 0 Å². The lowest BCUT2D eigenvalue weighted by atomic mass is 10.2. The Balaban J connectivity index is 1.89. The number of para-hydroxylation sites is 2. The number of hydrogen-bond acceptors (Lipinski definition) is 5. The minimum absolute atomic E-state index is 0.175. The van der Waals surface area contributed by atoms with Crippen LogP contribution in [0.1, 0.15) is 48.4 Å². The fraction of sp³-hybridized carbons (Fsp3) is 0.353. The van der Waals surface area contributed by atoms with Crippen molar-refractivity contribution in [1.82, 2.24) is 19.2 Å². The molecular weight excluding hydrogens is 324 g/mol. The molecule has 3 aromatic rings. The van der Waals surface area contributed by atoms with Gasteiger partial charge in [-0.15, -0.1) is 0 Å². The first-order valence-corrected chi connectivity index (χ1v) is 8.57. The molecule has 3 rings (SSSR count). The predicted molar refractivity (Wildman–Crippen MR) is 94.7 cm³/mol. The van der Waals surface area contributed by atoms with Crippen LogP contribution >= 0.6 is 11.5 Å². The number of rotatable bonds is 5. The zero-order valence-corrected chi connectivity index (χ0v) is 14.9. The molecule has 0 saturated carbocycles. The molecule has 0 bridgehead atoms. The molecule has 2 heterocycles. The van der Waals surface area contributed by atoms with E-state index in [9.17, 15) is 4.79 Å². The van der Waals surface area contributed by atoms with Gasteiger partial charge in [0, 0.05) is 12.1 Å². The predicted octanol–water partition coefficient (Wildman–Crippen LogP) is 3.57. The maximum atomic E-state index is 12.4. The van der Waals surface area contributed by atoms with E-state index in [4.69, 9.17) is 9.72 Å². The number of imidazole rings is 1. The minimum atomic E-state index is -0.222. The van der Waals surface area contributed by atoms with Crippen LogP contribution in [0.2, 0.25) is 0 Å². The summed E-state index contributed by atoms with van der Waals surface area (Å²) < 4.78 is 11.2. The number of carbonyl (C=O) groups excluding carboxylic acids is 1. The molecule has 1 amide bonds. The zero-order valence-electron chi connectivity index (χ0n) is 14.1. The van der Waals surface area contributed by atoms with Gasteiger partial charge in [0.2, 0.25) is 5.88 Å². The monoisotopic (exact) mass is 344 g/mol. The van der Waals surface area contributed by atoms with Crippen LogP contribution in [0.4, 0.5) is 0 Å². The second kappa shape index (κ2) is 6.60. The van der Waals surface area contributed by atoms with Crippen LogP contribution in [-0.2, 0) is 0 Å². The number of hydrogen-bond donors (Lipinski definition) is 1. The van der Waals surface area contributed by atoms with Crippen LogP contribution in [-0.4, -0.2) is 26.9 Å². The first-order valence-electron chi connectivity index (χ1n) is 7.79. The summed E-state index contributed by atoms with van der Waals surface area (Å²) in [4.78, 5) is 17.7. The van der Waals surface area contributed by atoms with Crippen molar-refractivity contribution in [1.29, 1.82) is 0 Å². The van der Waals surface area contributed by atoms with E-state index in [-0.39, 0.29) is 18.0 Å². The number of carbonyl (C=O) groups is 1. The molecule has 0 aliphatic carbocycles. The quantitative estimate of drug-likeness (QED) is 0.768. The third-order valence-electron chi connectivity index (χ3n) is 3.80. The van der Waals surface area contributed by atoms with Crippen molar-refractivity contribution in [3.05, 3.63) is 41.0 Å². The van der Waals surface area contributed by atoms with E-state index in [1.54, 1.807) is 6.07 Å². The average molecular weight is 344 g/mol. The van der Waals surface area contributed by atoms with Gasteiger partial charge in [-0.05, 0) is 44.4 Å². The van der Waals surface area contributed by atoms with Crippen LogP contribution < -0.4 is 10.1 Å². The van der Waals surface area contributed by atoms with Gasteiger partial charge in [0.15, 0.2) is 0 Å². The minimum Gasteiger partial charge on any atom is -0.480 e. The van der Waals surface area contributed by atoms with Gasteiger partial charge in [-0.2, -0.15) is 4.37 Å². The Kier molecular flexibility index (Phi) is 4.53. The number of aromatic nitrogens is 3. The SMILES string of the molecule is COc1cc(C(=O)N[C@@H](C)c2nc3ccccc3n2C(C)C)sn1. The summed E-state index contributed by atoms with van der Waals surface area (Å²) in [5, 5.41) is 3.00. The first kappa shape index (κ1) is 16.4. The van der Waals surface area contributed by atoms with Crippen LogP contribution in [0.25, 0.3) is 11.0 Å². The second-order valence-corrected chi connectivity index (χ2v) is 6.66. The highest BCUT2D eigenvalue weighted by Gasteiger charge is 2.21. The lowest BCUT2D eigenvalue weighted by molar-refractivity contribution is 0.0941. The van der Waals surface area contributed by atoms with Gasteiger partial charge in [-0.3, -0.25) is 4.79 Å². The molecule has 2 aromatic heterocycles. The summed E-state index contributed by atoms with van der Waals surface area (Å²) in [5.74, 6) is 1.12. The van der Waals surface area contributed by atoms with E-state index in [0.717, 1.165) is 28.4 Å². The maximum absolute atomic E-state index is 12.4. The van der Waals surface area contributed by atoms with Gasteiger partial charge in [0.1, 0.15) is 10.7 Å². The summed E-state index contributed by atoms with van der Waals surface area (Å²) in [6.45, 7) is 6.16. The largest absolute Gasteiger partial charge is 0.480 e. The van der Waals surface area contributed by atoms with Gasteiger partial charge in [-0.25, -0.2) is 4.98 Å². The summed E-state index contributed by atoms with van der Waals surface area (Å²) in [5.41, 5.74) is 2.00. The molecular formula is C17H20N4O2S. The molecule has 24 heavy (non-hydrogen) atoms. The van der Waals surface area contributed by atoms with Crippen molar-refractivity contribution in [2.45, 2.75) is 32.9 Å². The third-order valence-corrected chi connectivity index (χ3v) is 4.57. The topological polar surface area (TPSA) is 69.0 Å². The number of fused-ring (bicyclic) bond motifs is 1. The van der Waals surface area contributed by atoms with Gasteiger partial charge < -0.3 is 14.6 Å². The molecule has 0 radical (unpaired) electrons. The molecule has 1 atom stereocenters. The summed E-state index contributed by atoms with van der Waals surface area (Å²) >= 11 is 1.12. The molecule has 1 N–H and O–H groups in total. The van der Waals surface area contributed by atoms with Crippen LogP contribution in [0.5, 0.6) is 5.88 Å². The molecule has 0 aliphatic heterocycles. The molecule has 126 valence electrons. The second-order valence-electron chi connectivity index (χ2n) is 5.85. The Labute approximate surface area is 144 Å². The molecule has 7 heteroatoms. The van der Waals surface area contributed by atoms with E-state index < -0.39 is 0 Å². The normalized spacial score (nSPS) is 12.5. The van der Waals surface area contributed by atoms with E-state index >= 15 is 0 Å². The molecule has 0 spiro atoms. The van der Waals surface area contributed by atoms with Crippen LogP contribution in [0.15, 0.2) is 30.3 Å². The van der Waals surface area contributed by atoms with Gasteiger partial charge in [-0.1, -0.05) is 12.1 Å². The standard InChI is InChI=1S/C17H20N4O2S/c1-10(2)21-13-8-6-5-7-12(13)19-16(21)11(3)18-17(22)14-9-15(23-4)20-24-14/h5-11H,1-4H3,(H,18,22)/t11-/m0/s1. The highest BCUT2D eigenvalue weighted by atomic mass is 32.1. The van der Waals surface area contributed by atoms with Gasteiger partial charge in [0.05, 0.1) is 24.2 Å². The van der Waals surface area contributed by atoms with Crippen LogP contribution in [0.3, 0.4) is 0 Å². The van der Waals surface area contributed by atoms with Crippen molar-refractivity contribution in [3.8, 4) is 5.88 Å². The number of nitrogens with one attached hydrogen (secondary N) is 1. The Hall–Kier alpha value is -2.41. The average Bonchev–Trinajstić information content (AvgIpc) is 3.19. The number of amides is 1. The van der Waals surface area contributed by atoms with Crippen molar-refractivity contribution >= 4 is 28.5 Å². The fourth-order valence-electron chi connectivity index (χ4n) is 2.71. The Morgan fingerprint density at radius 3 is 2.71 bits per heavy atom. The number of benzene rings is 1. The van der Waals surface area contributed by atoms with Crippen molar-refractivity contribution in [3.63, 3.8) is 0 Å². The molecule has 1 aromatic carbocycles. The van der Waals surface area contributed by atoms with E-state index in [0.29, 0.717) is 10.8 Å². The van der Waals surface area contributed by atoms with Crippen molar-refractivity contribution in [2.24, 2.45) is 0 Å². The van der Waals surface area contributed by atoms with E-state index in [2.05, 4.69) is 34.2 Å². The fourth-order valence-corrected chi connectivity index (χ4v) is 3.32. The van der Waals surface area contributed by atoms with E-state index in [1.807, 2.05) is 25.1 Å². The smallest absolute Gasteiger partial charge is 0.263 e. The highest BCUT2D eigenvalue weighted by molar-refractivity contribution is 7.08. The zero-order chi connectivity index (χ0) is 17.3. The maximum Gasteiger partial charge on any atom is 0.263 e. The number of ether oxygens (including phenoxy) is 1. The summed E-state index contributed by atoms with van der Waals surface area (Å²) in [6, 6.07) is 9.67. The third kappa shape index (κ3) is 2.99. The molecule has 0 aliphatic rings. The number of methoxy groups -OCH3 is 1. The van der Waals surface area contributed by atoms with Crippen molar-refractivity contribution < 1.29 is 9.53 Å². The first-order chi connectivity index (χ1) is 11.5. The van der Waals surface area contributed by atoms with Gasteiger partial charge in [0.25, 0.3) is 5.91 Å². The summed E-state index contributed by atoms with van der Waals surface area (Å²) in [7, 11) is 1.53. The van der Waals surface area contributed by atoms with Crippen LogP contribution in [0, 0.1) is 0 Å². The Bertz CT molecular complexity index is 868. The lowest BCUT2D eigenvalue weighted by Crippen LogP contribution is -2.28. The Morgan fingerprint density at radius 1 is 1.29 bits per heavy atom. The molecule has 0 fully saturated rings. The van der Waals surface area contributed by atoms with E-state index in [1.165, 1.54) is 7.11 Å². The summed E-state index contributed by atoms with van der Waals surface area (Å²) in [6.07, 6.45) is 0. The number of nitrogens with zero attached hydrogens (tertiary/aromatic N) is 3. The highest BCUT2D eigenvalue weighted by Crippen LogP contribution is 2.25. The molecule has 0 unspecified atom stereocenters. The lowest BCUT2D eigenvalue weighted by Gasteiger charge is -2.18. The molecule has 6 nitrogen and oxygen atoms in total. The van der Waals surface area contributed by atoms with Crippen molar-refractivity contribution in [2.75, 3.05) is 7.11 Å². The Morgan fingerprint density at radius 2 is 2.04 bits per heavy atom.